The van der Waals surface area contributed by atoms with Crippen molar-refractivity contribution in [2.24, 2.45) is 0 Å². The van der Waals surface area contributed by atoms with Crippen LogP contribution in [-0.4, -0.2) is 40.7 Å². The van der Waals surface area contributed by atoms with Gasteiger partial charge in [-0.1, -0.05) is 18.2 Å². The van der Waals surface area contributed by atoms with Crippen molar-refractivity contribution in [3.8, 4) is 0 Å². The van der Waals surface area contributed by atoms with Gasteiger partial charge in [-0.05, 0) is 42.4 Å². The van der Waals surface area contributed by atoms with Gasteiger partial charge in [-0.3, -0.25) is 4.79 Å². The summed E-state index contributed by atoms with van der Waals surface area (Å²) in [5.41, 5.74) is 3.96. The number of morpholine rings is 1. The molecule has 1 fully saturated rings. The van der Waals surface area contributed by atoms with E-state index in [-0.39, 0.29) is 12.0 Å². The average Bonchev–Trinajstić information content (AvgIpc) is 3.08. The minimum absolute atomic E-state index is 0.125. The van der Waals surface area contributed by atoms with Gasteiger partial charge in [0.25, 0.3) is 0 Å². The maximum Gasteiger partial charge on any atom is 0.246 e. The van der Waals surface area contributed by atoms with Crippen LogP contribution in [0.4, 0.5) is 0 Å². The highest BCUT2D eigenvalue weighted by Crippen LogP contribution is 2.24. The number of hydrogen-bond acceptors (Lipinski definition) is 5. The number of amides is 1. The van der Waals surface area contributed by atoms with Crippen LogP contribution in [-0.2, 0) is 28.8 Å². The zero-order chi connectivity index (χ0) is 17.2. The van der Waals surface area contributed by atoms with Crippen molar-refractivity contribution in [2.75, 3.05) is 19.7 Å². The molecule has 1 amide bonds. The lowest BCUT2D eigenvalue weighted by Crippen LogP contribution is -2.43. The summed E-state index contributed by atoms with van der Waals surface area (Å²) in [7, 11) is 0. The summed E-state index contributed by atoms with van der Waals surface area (Å²) in [6, 6.07) is 6.51. The van der Waals surface area contributed by atoms with Crippen molar-refractivity contribution in [3.05, 3.63) is 46.7 Å². The van der Waals surface area contributed by atoms with Gasteiger partial charge in [-0.25, -0.2) is 0 Å². The molecule has 6 nitrogen and oxygen atoms in total. The van der Waals surface area contributed by atoms with Gasteiger partial charge in [0, 0.05) is 13.5 Å². The van der Waals surface area contributed by atoms with Gasteiger partial charge in [0.2, 0.25) is 17.7 Å². The Morgan fingerprint density at radius 1 is 1.24 bits per heavy atom. The van der Waals surface area contributed by atoms with Crippen molar-refractivity contribution in [1.82, 2.24) is 15.1 Å². The van der Waals surface area contributed by atoms with Crippen molar-refractivity contribution < 1.29 is 13.9 Å². The fourth-order valence-electron chi connectivity index (χ4n) is 3.65. The third kappa shape index (κ3) is 3.58. The zero-order valence-corrected chi connectivity index (χ0v) is 14.5. The molecule has 0 bridgehead atoms. The second kappa shape index (κ2) is 6.96. The van der Waals surface area contributed by atoms with Gasteiger partial charge in [-0.2, -0.15) is 0 Å². The van der Waals surface area contributed by atoms with Crippen LogP contribution < -0.4 is 0 Å². The van der Waals surface area contributed by atoms with E-state index in [4.69, 9.17) is 9.15 Å². The smallest absolute Gasteiger partial charge is 0.246 e. The highest BCUT2D eigenvalue weighted by Gasteiger charge is 2.29. The summed E-state index contributed by atoms with van der Waals surface area (Å²) in [5.74, 6) is 1.08. The second-order valence-electron chi connectivity index (χ2n) is 6.85. The number of carbonyl (C=O) groups is 1. The predicted octanol–water partition coefficient (Wildman–Crippen LogP) is 2.40. The van der Waals surface area contributed by atoms with Gasteiger partial charge in [0.15, 0.2) is 6.10 Å². The first-order valence-corrected chi connectivity index (χ1v) is 8.99. The van der Waals surface area contributed by atoms with Gasteiger partial charge in [0.05, 0.1) is 19.6 Å². The van der Waals surface area contributed by atoms with Gasteiger partial charge in [-0.15, -0.1) is 10.2 Å². The predicted molar refractivity (Wildman–Crippen MR) is 91.1 cm³/mol. The molecular weight excluding hydrogens is 318 g/mol. The molecule has 0 radical (unpaired) electrons. The van der Waals surface area contributed by atoms with Crippen LogP contribution in [0.2, 0.25) is 0 Å². The Hall–Kier alpha value is -2.21. The Morgan fingerprint density at radius 3 is 2.88 bits per heavy atom. The second-order valence-corrected chi connectivity index (χ2v) is 6.85. The molecule has 0 spiro atoms. The largest absolute Gasteiger partial charge is 0.423 e. The van der Waals surface area contributed by atoms with Crippen LogP contribution in [0.1, 0.15) is 47.4 Å². The van der Waals surface area contributed by atoms with Crippen LogP contribution in [0.15, 0.2) is 22.6 Å². The minimum Gasteiger partial charge on any atom is -0.423 e. The zero-order valence-electron chi connectivity index (χ0n) is 14.5. The van der Waals surface area contributed by atoms with Crippen LogP contribution in [0.25, 0.3) is 0 Å². The van der Waals surface area contributed by atoms with Gasteiger partial charge >= 0.3 is 0 Å². The number of rotatable bonds is 3. The normalized spacial score (nSPS) is 20.4. The van der Waals surface area contributed by atoms with Crippen LogP contribution in [0.5, 0.6) is 0 Å². The van der Waals surface area contributed by atoms with E-state index in [1.807, 2.05) is 4.90 Å². The number of aryl methyl sites for hydroxylation is 3. The number of nitrogens with zero attached hydrogens (tertiary/aromatic N) is 3. The number of hydrogen-bond donors (Lipinski definition) is 0. The Morgan fingerprint density at radius 2 is 2.08 bits per heavy atom. The van der Waals surface area contributed by atoms with E-state index in [1.54, 1.807) is 6.92 Å². The summed E-state index contributed by atoms with van der Waals surface area (Å²) in [4.78, 5) is 14.6. The fraction of sp³-hybridized carbons (Fsp3) is 0.526. The average molecular weight is 341 g/mol. The maximum absolute atomic E-state index is 12.7. The highest BCUT2D eigenvalue weighted by atomic mass is 16.5. The third-order valence-electron chi connectivity index (χ3n) is 5.00. The maximum atomic E-state index is 12.7. The molecule has 1 saturated heterocycles. The minimum atomic E-state index is -0.331. The molecule has 1 aliphatic carbocycles. The molecule has 0 unspecified atom stereocenters. The van der Waals surface area contributed by atoms with E-state index in [0.29, 0.717) is 37.9 Å². The lowest BCUT2D eigenvalue weighted by Gasteiger charge is -2.31. The third-order valence-corrected chi connectivity index (χ3v) is 5.00. The molecule has 2 heterocycles. The molecule has 1 aromatic carbocycles. The van der Waals surface area contributed by atoms with Crippen molar-refractivity contribution in [1.29, 1.82) is 0 Å². The number of fused-ring (bicyclic) bond motifs is 1. The summed E-state index contributed by atoms with van der Waals surface area (Å²) in [6.45, 7) is 3.30. The molecule has 6 heteroatoms. The van der Waals surface area contributed by atoms with Gasteiger partial charge in [0.1, 0.15) is 0 Å². The van der Waals surface area contributed by atoms with Crippen molar-refractivity contribution >= 4 is 5.91 Å². The number of aromatic nitrogens is 2. The SMILES string of the molecule is Cc1nnc([C@@H]2CN(C(=O)Cc3ccc4c(c3)CCCC4)CCO2)o1. The first-order chi connectivity index (χ1) is 12.2. The van der Waals surface area contributed by atoms with E-state index in [9.17, 15) is 4.79 Å². The Balaban J connectivity index is 1.42. The molecule has 2 aliphatic rings. The standard InChI is InChI=1S/C19H23N3O3/c1-13-20-21-19(25-13)17-12-22(8-9-24-17)18(23)11-14-6-7-15-4-2-3-5-16(15)10-14/h6-7,10,17H,2-5,8-9,11-12H2,1H3/t17-/m0/s1. The van der Waals surface area contributed by atoms with E-state index in [1.165, 1.54) is 24.0 Å². The lowest BCUT2D eigenvalue weighted by atomic mass is 9.90. The molecule has 0 N–H and O–H groups in total. The van der Waals surface area contributed by atoms with Crippen molar-refractivity contribution in [3.63, 3.8) is 0 Å². The summed E-state index contributed by atoms with van der Waals surface area (Å²) < 4.78 is 11.1. The van der Waals surface area contributed by atoms with E-state index >= 15 is 0 Å². The quantitative estimate of drug-likeness (QED) is 0.857. The molecule has 0 saturated carbocycles. The van der Waals surface area contributed by atoms with Crippen LogP contribution in [0.3, 0.4) is 0 Å². The Labute approximate surface area is 147 Å². The monoisotopic (exact) mass is 341 g/mol. The van der Waals surface area contributed by atoms with Crippen LogP contribution in [0, 0.1) is 6.92 Å². The van der Waals surface area contributed by atoms with Gasteiger partial charge < -0.3 is 14.1 Å². The summed E-state index contributed by atoms with van der Waals surface area (Å²) >= 11 is 0. The van der Waals surface area contributed by atoms with E-state index < -0.39 is 0 Å². The van der Waals surface area contributed by atoms with E-state index in [0.717, 1.165) is 18.4 Å². The molecular formula is C19H23N3O3. The summed E-state index contributed by atoms with van der Waals surface area (Å²) in [6.07, 6.45) is 4.92. The molecule has 1 aromatic heterocycles. The lowest BCUT2D eigenvalue weighted by molar-refractivity contribution is -0.139. The Kier molecular flexibility index (Phi) is 4.53. The molecule has 4 rings (SSSR count). The molecule has 1 atom stereocenters. The fourth-order valence-corrected chi connectivity index (χ4v) is 3.65. The molecule has 2 aromatic rings. The van der Waals surface area contributed by atoms with Crippen LogP contribution >= 0.6 is 0 Å². The first kappa shape index (κ1) is 16.3. The molecule has 1 aliphatic heterocycles. The van der Waals surface area contributed by atoms with E-state index in [2.05, 4.69) is 28.4 Å². The first-order valence-electron chi connectivity index (χ1n) is 8.99. The number of benzene rings is 1. The van der Waals surface area contributed by atoms with Crippen molar-refractivity contribution in [2.45, 2.75) is 45.1 Å². The topological polar surface area (TPSA) is 68.5 Å². The molecule has 132 valence electrons. The Bertz CT molecular complexity index is 771. The summed E-state index contributed by atoms with van der Waals surface area (Å²) in [5, 5.41) is 7.86. The number of carbonyl (C=O) groups excluding carboxylic acids is 1. The highest BCUT2D eigenvalue weighted by molar-refractivity contribution is 5.79. The molecule has 25 heavy (non-hydrogen) atoms. The number of ether oxygens (including phenoxy) is 1.